The van der Waals surface area contributed by atoms with Crippen molar-refractivity contribution >= 4 is 11.7 Å². The Morgan fingerprint density at radius 2 is 2.16 bits per heavy atom. The highest BCUT2D eigenvalue weighted by Gasteiger charge is 2.14. The lowest BCUT2D eigenvalue weighted by molar-refractivity contribution is 0.0196. The van der Waals surface area contributed by atoms with Crippen LogP contribution in [0.5, 0.6) is 0 Å². The number of anilines is 1. The molecule has 0 radical (unpaired) electrons. The van der Waals surface area contributed by atoms with E-state index in [1.54, 1.807) is 6.07 Å². The zero-order valence-corrected chi connectivity index (χ0v) is 11.2. The van der Waals surface area contributed by atoms with Crippen LogP contribution in [0.1, 0.15) is 15.9 Å². The Kier molecular flexibility index (Phi) is 4.76. The Balaban J connectivity index is 1.82. The van der Waals surface area contributed by atoms with Crippen LogP contribution < -0.4 is 5.73 Å². The number of aryl methyl sites for hydroxylation is 1. The molecule has 1 aliphatic heterocycles. The Morgan fingerprint density at radius 1 is 1.42 bits per heavy atom. The van der Waals surface area contributed by atoms with Gasteiger partial charge in [-0.05, 0) is 18.6 Å². The summed E-state index contributed by atoms with van der Waals surface area (Å²) in [6.07, 6.45) is 0. The van der Waals surface area contributed by atoms with Gasteiger partial charge in [0.05, 0.1) is 18.8 Å². The minimum atomic E-state index is -0.352. The maximum atomic E-state index is 11.9. The van der Waals surface area contributed by atoms with Gasteiger partial charge < -0.3 is 15.2 Å². The number of carbonyl (C=O) groups is 1. The predicted octanol–water partition coefficient (Wildman–Crippen LogP) is 1.07. The van der Waals surface area contributed by atoms with Crippen LogP contribution in [0.3, 0.4) is 0 Å². The number of carbonyl (C=O) groups excluding carboxylic acids is 1. The van der Waals surface area contributed by atoms with Gasteiger partial charge in [-0.15, -0.1) is 0 Å². The van der Waals surface area contributed by atoms with E-state index in [2.05, 4.69) is 4.90 Å². The molecule has 2 N–H and O–H groups in total. The monoisotopic (exact) mass is 264 g/mol. The average molecular weight is 264 g/mol. The van der Waals surface area contributed by atoms with E-state index in [4.69, 9.17) is 15.2 Å². The van der Waals surface area contributed by atoms with Crippen LogP contribution in [-0.2, 0) is 9.47 Å². The number of nitrogen functional groups attached to an aromatic ring is 1. The molecule has 1 aliphatic rings. The fourth-order valence-electron chi connectivity index (χ4n) is 2.03. The Labute approximate surface area is 113 Å². The summed E-state index contributed by atoms with van der Waals surface area (Å²) in [5.41, 5.74) is 7.71. The van der Waals surface area contributed by atoms with E-state index in [1.807, 2.05) is 19.1 Å². The van der Waals surface area contributed by atoms with E-state index < -0.39 is 0 Å². The van der Waals surface area contributed by atoms with Crippen molar-refractivity contribution in [2.45, 2.75) is 6.92 Å². The van der Waals surface area contributed by atoms with Crippen LogP contribution in [0.2, 0.25) is 0 Å². The summed E-state index contributed by atoms with van der Waals surface area (Å²) in [4.78, 5) is 14.1. The summed E-state index contributed by atoms with van der Waals surface area (Å²) < 4.78 is 10.5. The quantitative estimate of drug-likeness (QED) is 0.651. The number of ether oxygens (including phenoxy) is 2. The first kappa shape index (κ1) is 13.8. The highest BCUT2D eigenvalue weighted by atomic mass is 16.5. The lowest BCUT2D eigenvalue weighted by Gasteiger charge is -2.26. The zero-order valence-electron chi connectivity index (χ0n) is 11.2. The first-order valence-corrected chi connectivity index (χ1v) is 6.51. The fraction of sp³-hybridized carbons (Fsp3) is 0.500. The minimum Gasteiger partial charge on any atom is -0.461 e. The first-order chi connectivity index (χ1) is 9.18. The Morgan fingerprint density at radius 3 is 2.89 bits per heavy atom. The van der Waals surface area contributed by atoms with E-state index in [-0.39, 0.29) is 5.97 Å². The van der Waals surface area contributed by atoms with Gasteiger partial charge in [-0.2, -0.15) is 0 Å². The molecule has 2 rings (SSSR count). The normalized spacial score (nSPS) is 16.3. The van der Waals surface area contributed by atoms with Crippen molar-refractivity contribution in [3.8, 4) is 0 Å². The molecule has 0 aromatic heterocycles. The van der Waals surface area contributed by atoms with Crippen LogP contribution in [0.15, 0.2) is 18.2 Å². The number of hydrogen-bond donors (Lipinski definition) is 1. The van der Waals surface area contributed by atoms with Gasteiger partial charge in [-0.3, -0.25) is 4.90 Å². The summed E-state index contributed by atoms with van der Waals surface area (Å²) in [6, 6.07) is 5.38. The molecule has 1 heterocycles. The fourth-order valence-corrected chi connectivity index (χ4v) is 2.03. The number of esters is 1. The van der Waals surface area contributed by atoms with Gasteiger partial charge in [0.15, 0.2) is 0 Å². The van der Waals surface area contributed by atoms with Crippen LogP contribution in [0.4, 0.5) is 5.69 Å². The third-order valence-electron chi connectivity index (χ3n) is 3.29. The Hall–Kier alpha value is -1.59. The van der Waals surface area contributed by atoms with Gasteiger partial charge in [0.1, 0.15) is 6.61 Å². The number of morpholine rings is 1. The van der Waals surface area contributed by atoms with Crippen LogP contribution in [0, 0.1) is 6.92 Å². The minimum absolute atomic E-state index is 0.352. The van der Waals surface area contributed by atoms with Crippen molar-refractivity contribution in [1.82, 2.24) is 4.90 Å². The number of nitrogens with two attached hydrogens (primary N) is 1. The molecule has 1 aromatic carbocycles. The molecule has 0 amide bonds. The topological polar surface area (TPSA) is 64.8 Å². The zero-order chi connectivity index (χ0) is 13.7. The Bertz CT molecular complexity index is 442. The van der Waals surface area contributed by atoms with E-state index in [9.17, 15) is 4.79 Å². The van der Waals surface area contributed by atoms with Gasteiger partial charge in [0, 0.05) is 25.3 Å². The molecular weight excluding hydrogens is 244 g/mol. The molecule has 0 unspecified atom stereocenters. The van der Waals surface area contributed by atoms with E-state index >= 15 is 0 Å². The second-order valence-corrected chi connectivity index (χ2v) is 4.63. The number of hydrogen-bond acceptors (Lipinski definition) is 5. The highest BCUT2D eigenvalue weighted by Crippen LogP contribution is 2.17. The number of para-hydroxylation sites is 1. The van der Waals surface area contributed by atoms with Crippen molar-refractivity contribution in [3.05, 3.63) is 29.3 Å². The van der Waals surface area contributed by atoms with Crippen LogP contribution >= 0.6 is 0 Å². The van der Waals surface area contributed by atoms with E-state index in [0.717, 1.165) is 38.4 Å². The van der Waals surface area contributed by atoms with Crippen LogP contribution in [-0.4, -0.2) is 50.3 Å². The summed E-state index contributed by atoms with van der Waals surface area (Å²) >= 11 is 0. The lowest BCUT2D eigenvalue weighted by atomic mass is 10.1. The van der Waals surface area contributed by atoms with Gasteiger partial charge in [0.2, 0.25) is 0 Å². The molecule has 1 fully saturated rings. The highest BCUT2D eigenvalue weighted by molar-refractivity contribution is 5.95. The number of rotatable bonds is 4. The van der Waals surface area contributed by atoms with Crippen molar-refractivity contribution < 1.29 is 14.3 Å². The summed E-state index contributed by atoms with van der Waals surface area (Å²) in [5, 5.41) is 0. The second-order valence-electron chi connectivity index (χ2n) is 4.63. The third-order valence-corrected chi connectivity index (χ3v) is 3.29. The molecule has 5 nitrogen and oxygen atoms in total. The molecule has 0 aliphatic carbocycles. The molecule has 0 bridgehead atoms. The molecule has 5 heteroatoms. The molecule has 0 saturated carbocycles. The maximum Gasteiger partial charge on any atom is 0.340 e. The van der Waals surface area contributed by atoms with Gasteiger partial charge >= 0.3 is 5.97 Å². The second kappa shape index (κ2) is 6.54. The molecular formula is C14H20N2O3. The average Bonchev–Trinajstić information content (AvgIpc) is 2.43. The SMILES string of the molecule is Cc1cccc(C(=O)OCCN2CCOCC2)c1N. The van der Waals surface area contributed by atoms with Crippen LogP contribution in [0.25, 0.3) is 0 Å². The van der Waals surface area contributed by atoms with E-state index in [1.165, 1.54) is 0 Å². The van der Waals surface area contributed by atoms with Gasteiger partial charge in [0.25, 0.3) is 0 Å². The third kappa shape index (κ3) is 3.68. The maximum absolute atomic E-state index is 11.9. The number of nitrogens with zero attached hydrogens (tertiary/aromatic N) is 1. The molecule has 1 saturated heterocycles. The molecule has 0 spiro atoms. The summed E-state index contributed by atoms with van der Waals surface area (Å²) in [7, 11) is 0. The van der Waals surface area contributed by atoms with Crippen molar-refractivity contribution in [3.63, 3.8) is 0 Å². The molecule has 104 valence electrons. The van der Waals surface area contributed by atoms with Crippen molar-refractivity contribution in [2.24, 2.45) is 0 Å². The van der Waals surface area contributed by atoms with Gasteiger partial charge in [-0.25, -0.2) is 4.79 Å². The lowest BCUT2D eigenvalue weighted by Crippen LogP contribution is -2.38. The molecule has 1 aromatic rings. The first-order valence-electron chi connectivity index (χ1n) is 6.51. The molecule has 0 atom stereocenters. The smallest absolute Gasteiger partial charge is 0.340 e. The van der Waals surface area contributed by atoms with Gasteiger partial charge in [-0.1, -0.05) is 12.1 Å². The number of benzene rings is 1. The largest absolute Gasteiger partial charge is 0.461 e. The summed E-state index contributed by atoms with van der Waals surface area (Å²) in [6.45, 7) is 6.28. The van der Waals surface area contributed by atoms with Crippen molar-refractivity contribution in [1.29, 1.82) is 0 Å². The van der Waals surface area contributed by atoms with Crippen molar-refractivity contribution in [2.75, 3.05) is 45.2 Å². The molecule has 19 heavy (non-hydrogen) atoms. The standard InChI is InChI=1S/C14H20N2O3/c1-11-3-2-4-12(13(11)15)14(17)19-10-7-16-5-8-18-9-6-16/h2-4H,5-10,15H2,1H3. The predicted molar refractivity (Wildman–Crippen MR) is 73.1 cm³/mol. The van der Waals surface area contributed by atoms with E-state index in [0.29, 0.717) is 17.9 Å². The summed E-state index contributed by atoms with van der Waals surface area (Å²) in [5.74, 6) is -0.352.